The molecule has 26 heavy (non-hydrogen) atoms. The molecule has 3 aliphatic rings. The van der Waals surface area contributed by atoms with Crippen molar-refractivity contribution in [3.8, 4) is 0 Å². The maximum absolute atomic E-state index is 12.3. The SMILES string of the molecule is C=C(C)[C@@H]1C[C@H]2OC(O)([C@@H](C)CC(=O)/C=C(/C)C[C@H]3C=C2C(=O)O3)[C@H]1O. The van der Waals surface area contributed by atoms with Crippen LogP contribution in [-0.4, -0.2) is 46.1 Å². The topological polar surface area (TPSA) is 93.1 Å². The summed E-state index contributed by atoms with van der Waals surface area (Å²) in [6, 6.07) is 0. The van der Waals surface area contributed by atoms with Crippen molar-refractivity contribution in [3.63, 3.8) is 0 Å². The molecule has 0 aliphatic carbocycles. The first kappa shape index (κ1) is 19.0. The summed E-state index contributed by atoms with van der Waals surface area (Å²) >= 11 is 0. The summed E-state index contributed by atoms with van der Waals surface area (Å²) in [4.78, 5) is 24.7. The van der Waals surface area contributed by atoms with Crippen LogP contribution in [0.4, 0.5) is 0 Å². The van der Waals surface area contributed by atoms with Gasteiger partial charge in [0.05, 0.1) is 11.7 Å². The van der Waals surface area contributed by atoms with Crippen molar-refractivity contribution in [1.29, 1.82) is 0 Å². The quantitative estimate of drug-likeness (QED) is 0.546. The van der Waals surface area contributed by atoms with E-state index in [9.17, 15) is 19.8 Å². The van der Waals surface area contributed by atoms with E-state index in [0.717, 1.165) is 5.57 Å². The van der Waals surface area contributed by atoms with E-state index in [1.165, 1.54) is 6.08 Å². The molecule has 6 atom stereocenters. The Hall–Kier alpha value is -1.76. The zero-order chi connectivity index (χ0) is 19.2. The molecule has 1 saturated heterocycles. The Bertz CT molecular complexity index is 705. The van der Waals surface area contributed by atoms with Crippen LogP contribution in [0.2, 0.25) is 0 Å². The van der Waals surface area contributed by atoms with Crippen LogP contribution < -0.4 is 0 Å². The van der Waals surface area contributed by atoms with Gasteiger partial charge < -0.3 is 19.7 Å². The molecule has 6 nitrogen and oxygen atoms in total. The van der Waals surface area contributed by atoms with Crippen molar-refractivity contribution in [2.24, 2.45) is 11.8 Å². The number of ether oxygens (including phenoxy) is 2. The zero-order valence-electron chi connectivity index (χ0n) is 15.4. The summed E-state index contributed by atoms with van der Waals surface area (Å²) in [6.45, 7) is 9.15. The molecular weight excluding hydrogens is 336 g/mol. The molecule has 2 N–H and O–H groups in total. The first-order valence-corrected chi connectivity index (χ1v) is 8.98. The molecule has 3 aliphatic heterocycles. The highest BCUT2D eigenvalue weighted by atomic mass is 16.6. The first-order chi connectivity index (χ1) is 12.1. The molecular formula is C20H26O6. The second-order valence-electron chi connectivity index (χ2n) is 7.82. The van der Waals surface area contributed by atoms with Gasteiger partial charge >= 0.3 is 5.97 Å². The van der Waals surface area contributed by atoms with E-state index in [1.807, 2.05) is 6.92 Å². The van der Waals surface area contributed by atoms with Crippen LogP contribution in [0, 0.1) is 11.8 Å². The Morgan fingerprint density at radius 2 is 2.04 bits per heavy atom. The second kappa shape index (κ2) is 6.76. The predicted molar refractivity (Wildman–Crippen MR) is 93.9 cm³/mol. The van der Waals surface area contributed by atoms with Crippen LogP contribution in [-0.2, 0) is 19.1 Å². The highest BCUT2D eigenvalue weighted by Crippen LogP contribution is 2.43. The van der Waals surface area contributed by atoms with Gasteiger partial charge in [0.1, 0.15) is 12.2 Å². The highest BCUT2D eigenvalue weighted by Gasteiger charge is 2.54. The Labute approximate surface area is 153 Å². The van der Waals surface area contributed by atoms with Gasteiger partial charge in [0.2, 0.25) is 0 Å². The van der Waals surface area contributed by atoms with Crippen molar-refractivity contribution in [2.75, 3.05) is 0 Å². The van der Waals surface area contributed by atoms with Crippen LogP contribution >= 0.6 is 0 Å². The normalized spacial score (nSPS) is 42.7. The summed E-state index contributed by atoms with van der Waals surface area (Å²) in [5, 5.41) is 21.9. The molecule has 4 bridgehead atoms. The summed E-state index contributed by atoms with van der Waals surface area (Å²) in [5.41, 5.74) is 1.85. The van der Waals surface area contributed by atoms with Gasteiger partial charge in [0.15, 0.2) is 11.6 Å². The molecule has 0 amide bonds. The molecule has 3 rings (SSSR count). The molecule has 0 aromatic heterocycles. The van der Waals surface area contributed by atoms with E-state index in [2.05, 4.69) is 6.58 Å². The molecule has 6 heteroatoms. The van der Waals surface area contributed by atoms with E-state index in [1.54, 1.807) is 19.9 Å². The van der Waals surface area contributed by atoms with E-state index < -0.39 is 41.9 Å². The standard InChI is InChI=1S/C20H26O6/c1-10(2)15-9-17-16-8-14(25-19(16)23)6-11(3)5-13(21)7-12(4)20(24,26-17)18(15)22/h5,8,12,14-15,17-18,22,24H,1,6-7,9H2,2-4H3/b11-5-/t12-,14-,15-,17+,18-,20?/m0/s1. The third-order valence-electron chi connectivity index (χ3n) is 5.59. The van der Waals surface area contributed by atoms with E-state index >= 15 is 0 Å². The van der Waals surface area contributed by atoms with E-state index in [4.69, 9.17) is 9.47 Å². The lowest BCUT2D eigenvalue weighted by Gasteiger charge is -2.48. The number of rotatable bonds is 1. The Morgan fingerprint density at radius 3 is 2.69 bits per heavy atom. The highest BCUT2D eigenvalue weighted by molar-refractivity contribution is 5.92. The number of fused-ring (bicyclic) bond motifs is 4. The van der Waals surface area contributed by atoms with Gasteiger partial charge in [0, 0.05) is 24.7 Å². The van der Waals surface area contributed by atoms with Crippen molar-refractivity contribution in [2.45, 2.75) is 64.1 Å². The predicted octanol–water partition coefficient (Wildman–Crippen LogP) is 1.81. The number of hydrogen-bond donors (Lipinski definition) is 2. The van der Waals surface area contributed by atoms with Gasteiger partial charge in [-0.15, -0.1) is 0 Å². The number of esters is 1. The van der Waals surface area contributed by atoms with Crippen LogP contribution in [0.25, 0.3) is 0 Å². The average Bonchev–Trinajstić information content (AvgIpc) is 2.88. The maximum Gasteiger partial charge on any atom is 0.337 e. The van der Waals surface area contributed by atoms with Crippen molar-refractivity contribution >= 4 is 11.8 Å². The Morgan fingerprint density at radius 1 is 1.35 bits per heavy atom. The number of ketones is 1. The third kappa shape index (κ3) is 3.29. The van der Waals surface area contributed by atoms with Gasteiger partial charge in [-0.05, 0) is 32.4 Å². The number of aliphatic hydroxyl groups is 2. The maximum atomic E-state index is 12.3. The smallest absolute Gasteiger partial charge is 0.337 e. The van der Waals surface area contributed by atoms with Crippen molar-refractivity contribution in [3.05, 3.63) is 35.5 Å². The molecule has 0 spiro atoms. The monoisotopic (exact) mass is 362 g/mol. The minimum absolute atomic E-state index is 0.0268. The lowest BCUT2D eigenvalue weighted by atomic mass is 9.76. The molecule has 142 valence electrons. The van der Waals surface area contributed by atoms with E-state index in [-0.39, 0.29) is 12.2 Å². The summed E-state index contributed by atoms with van der Waals surface area (Å²) < 4.78 is 11.2. The van der Waals surface area contributed by atoms with Crippen LogP contribution in [0.5, 0.6) is 0 Å². The number of allylic oxidation sites excluding steroid dienone is 1. The first-order valence-electron chi connectivity index (χ1n) is 8.98. The van der Waals surface area contributed by atoms with Crippen LogP contribution in [0.3, 0.4) is 0 Å². The number of carbonyl (C=O) groups is 2. The van der Waals surface area contributed by atoms with E-state index in [0.29, 0.717) is 24.0 Å². The Kier molecular flexibility index (Phi) is 4.94. The molecule has 0 saturated carbocycles. The van der Waals surface area contributed by atoms with Gasteiger partial charge in [-0.2, -0.15) is 0 Å². The summed E-state index contributed by atoms with van der Waals surface area (Å²) in [5.74, 6) is -3.72. The fourth-order valence-electron chi connectivity index (χ4n) is 4.07. The molecule has 0 radical (unpaired) electrons. The fraction of sp³-hybridized carbons (Fsp3) is 0.600. The zero-order valence-corrected chi connectivity index (χ0v) is 15.4. The molecule has 3 heterocycles. The summed E-state index contributed by atoms with van der Waals surface area (Å²) in [7, 11) is 0. The molecule has 1 fully saturated rings. The van der Waals surface area contributed by atoms with Crippen molar-refractivity contribution < 1.29 is 29.3 Å². The van der Waals surface area contributed by atoms with Crippen molar-refractivity contribution in [1.82, 2.24) is 0 Å². The second-order valence-corrected chi connectivity index (χ2v) is 7.82. The lowest BCUT2D eigenvalue weighted by Crippen LogP contribution is -2.60. The number of aliphatic hydroxyl groups excluding tert-OH is 1. The molecule has 0 aromatic rings. The van der Waals surface area contributed by atoms with Gasteiger partial charge in [0.25, 0.3) is 0 Å². The lowest BCUT2D eigenvalue weighted by molar-refractivity contribution is -0.325. The number of carbonyl (C=O) groups excluding carboxylic acids is 2. The third-order valence-corrected chi connectivity index (χ3v) is 5.59. The fourth-order valence-corrected chi connectivity index (χ4v) is 4.07. The molecule has 0 aromatic carbocycles. The minimum atomic E-state index is -1.96. The summed E-state index contributed by atoms with van der Waals surface area (Å²) in [6.07, 6.45) is 1.59. The van der Waals surface area contributed by atoms with Gasteiger partial charge in [-0.3, -0.25) is 4.79 Å². The number of hydrogen-bond acceptors (Lipinski definition) is 6. The average molecular weight is 362 g/mol. The van der Waals surface area contributed by atoms with Gasteiger partial charge in [-0.1, -0.05) is 24.6 Å². The van der Waals surface area contributed by atoms with Crippen LogP contribution in [0.15, 0.2) is 35.5 Å². The minimum Gasteiger partial charge on any atom is -0.454 e. The van der Waals surface area contributed by atoms with Gasteiger partial charge in [-0.25, -0.2) is 4.79 Å². The largest absolute Gasteiger partial charge is 0.454 e. The van der Waals surface area contributed by atoms with Crippen LogP contribution in [0.1, 0.15) is 40.0 Å². The molecule has 1 unspecified atom stereocenters. The Balaban J connectivity index is 2.07.